The highest BCUT2D eigenvalue weighted by Gasteiger charge is 2.39. The van der Waals surface area contributed by atoms with Crippen LogP contribution in [-0.4, -0.2) is 24.5 Å². The Hall–Kier alpha value is -3.29. The van der Waals surface area contributed by atoms with E-state index < -0.39 is 40.8 Å². The Morgan fingerprint density at radius 2 is 1.70 bits per heavy atom. The van der Waals surface area contributed by atoms with Crippen molar-refractivity contribution in [1.29, 1.82) is 0 Å². The van der Waals surface area contributed by atoms with Gasteiger partial charge in [0.05, 0.1) is 26.5 Å². The predicted octanol–water partition coefficient (Wildman–Crippen LogP) is 7.26. The Morgan fingerprint density at radius 3 is 2.35 bits per heavy atom. The van der Waals surface area contributed by atoms with Crippen LogP contribution < -0.4 is 19.7 Å². The van der Waals surface area contributed by atoms with Gasteiger partial charge in [-0.25, -0.2) is 9.69 Å². The van der Waals surface area contributed by atoms with Gasteiger partial charge in [0.2, 0.25) is 0 Å². The highest BCUT2D eigenvalue weighted by Crippen LogP contribution is 2.38. The molecule has 0 spiro atoms. The second kappa shape index (κ2) is 12.1. The second-order valence-corrected chi connectivity index (χ2v) is 10.3. The van der Waals surface area contributed by atoms with E-state index in [4.69, 9.17) is 32.7 Å². The van der Waals surface area contributed by atoms with Gasteiger partial charge in [0.25, 0.3) is 11.8 Å². The van der Waals surface area contributed by atoms with Crippen LogP contribution in [0.1, 0.15) is 23.6 Å². The molecule has 0 saturated carbocycles. The van der Waals surface area contributed by atoms with Gasteiger partial charge in [-0.05, 0) is 89.2 Å². The SMILES string of the molecule is CCOc1cc(/C=C2\C(=O)NC(=O)N(c3cc(C(F)(F)F)ccc3Cl)C2=O)cc(I)c1OCc1ccc(Cl)cc1. The lowest BCUT2D eigenvalue weighted by atomic mass is 10.1. The zero-order chi connectivity index (χ0) is 29.2. The zero-order valence-corrected chi connectivity index (χ0v) is 24.1. The maximum atomic E-state index is 13.3. The standard InChI is InChI=1S/C27H18Cl2F3IN2O5/c1-2-39-22-11-15(10-20(33)23(22)40-13-14-3-6-17(28)7-4-14)9-18-24(36)34-26(38)35(25(18)37)21-12-16(27(30,31)32)5-8-19(21)29/h3-12H,2,13H2,1H3,(H,34,36,38)/b18-9+. The third-order valence-corrected chi connectivity index (χ3v) is 6.93. The minimum absolute atomic E-state index is 0.212. The lowest BCUT2D eigenvalue weighted by Gasteiger charge is -2.27. The fraction of sp³-hybridized carbons (Fsp3) is 0.148. The summed E-state index contributed by atoms with van der Waals surface area (Å²) in [5, 5.41) is 2.27. The molecule has 4 amide bonds. The molecule has 0 unspecified atom stereocenters. The van der Waals surface area contributed by atoms with Crippen molar-refractivity contribution in [3.05, 3.63) is 90.5 Å². The third-order valence-electron chi connectivity index (χ3n) is 5.56. The van der Waals surface area contributed by atoms with Gasteiger partial charge in [-0.15, -0.1) is 0 Å². The number of carbonyl (C=O) groups is 3. The molecule has 0 radical (unpaired) electrons. The number of alkyl halides is 3. The molecule has 3 aromatic carbocycles. The molecule has 1 aliphatic heterocycles. The Kier molecular flexibility index (Phi) is 8.96. The van der Waals surface area contributed by atoms with Crippen LogP contribution in [-0.2, 0) is 22.4 Å². The van der Waals surface area contributed by atoms with Gasteiger partial charge in [-0.3, -0.25) is 14.9 Å². The molecule has 40 heavy (non-hydrogen) atoms. The summed E-state index contributed by atoms with van der Waals surface area (Å²) in [6, 6.07) is 11.2. The number of hydrogen-bond acceptors (Lipinski definition) is 5. The highest BCUT2D eigenvalue weighted by atomic mass is 127. The molecule has 3 aromatic rings. The Balaban J connectivity index is 1.69. The van der Waals surface area contributed by atoms with Gasteiger partial charge in [0, 0.05) is 5.02 Å². The number of amides is 4. The molecule has 0 aromatic heterocycles. The summed E-state index contributed by atoms with van der Waals surface area (Å²) in [7, 11) is 0. The lowest BCUT2D eigenvalue weighted by molar-refractivity contribution is -0.137. The topological polar surface area (TPSA) is 84.9 Å². The van der Waals surface area contributed by atoms with Crippen molar-refractivity contribution in [1.82, 2.24) is 5.32 Å². The van der Waals surface area contributed by atoms with E-state index in [1.807, 2.05) is 40.0 Å². The fourth-order valence-corrected chi connectivity index (χ4v) is 4.82. The maximum Gasteiger partial charge on any atom is 0.416 e. The highest BCUT2D eigenvalue weighted by molar-refractivity contribution is 14.1. The van der Waals surface area contributed by atoms with Crippen molar-refractivity contribution >= 4 is 75.4 Å². The molecule has 0 atom stereocenters. The predicted molar refractivity (Wildman–Crippen MR) is 152 cm³/mol. The maximum absolute atomic E-state index is 13.3. The van der Waals surface area contributed by atoms with Gasteiger partial charge in [-0.1, -0.05) is 35.3 Å². The van der Waals surface area contributed by atoms with Crippen molar-refractivity contribution in [2.24, 2.45) is 0 Å². The number of rotatable bonds is 7. The zero-order valence-electron chi connectivity index (χ0n) is 20.4. The normalized spacial score (nSPS) is 14.9. The van der Waals surface area contributed by atoms with E-state index in [1.165, 1.54) is 12.1 Å². The minimum atomic E-state index is -4.76. The summed E-state index contributed by atoms with van der Waals surface area (Å²) in [6.45, 7) is 2.26. The van der Waals surface area contributed by atoms with Gasteiger partial charge in [-0.2, -0.15) is 13.2 Å². The number of ether oxygens (including phenoxy) is 2. The summed E-state index contributed by atoms with van der Waals surface area (Å²) in [6.07, 6.45) is -3.56. The Labute approximate surface area is 250 Å². The second-order valence-electron chi connectivity index (χ2n) is 8.30. The van der Waals surface area contributed by atoms with Crippen molar-refractivity contribution in [2.75, 3.05) is 11.5 Å². The molecule has 0 aliphatic carbocycles. The first-order valence-corrected chi connectivity index (χ1v) is 13.3. The monoisotopic (exact) mass is 704 g/mol. The van der Waals surface area contributed by atoms with Gasteiger partial charge in [0.1, 0.15) is 12.2 Å². The van der Waals surface area contributed by atoms with E-state index in [0.29, 0.717) is 42.7 Å². The first kappa shape index (κ1) is 29.7. The summed E-state index contributed by atoms with van der Waals surface area (Å²) in [5.74, 6) is -1.42. The lowest BCUT2D eigenvalue weighted by Crippen LogP contribution is -2.54. The summed E-state index contributed by atoms with van der Waals surface area (Å²) >= 11 is 14.0. The molecule has 13 heteroatoms. The molecule has 1 N–H and O–H groups in total. The Morgan fingerprint density at radius 1 is 1.00 bits per heavy atom. The van der Waals surface area contributed by atoms with Crippen LogP contribution in [0.2, 0.25) is 10.0 Å². The van der Waals surface area contributed by atoms with Crippen molar-refractivity contribution in [2.45, 2.75) is 19.7 Å². The average Bonchev–Trinajstić information content (AvgIpc) is 2.87. The number of urea groups is 1. The van der Waals surface area contributed by atoms with E-state index in [2.05, 4.69) is 0 Å². The van der Waals surface area contributed by atoms with Gasteiger partial charge >= 0.3 is 12.2 Å². The molecular weight excluding hydrogens is 687 g/mol. The third kappa shape index (κ3) is 6.53. The number of anilines is 1. The molecule has 208 valence electrons. The van der Waals surface area contributed by atoms with Crippen LogP contribution in [0.15, 0.2) is 60.2 Å². The number of halogens is 6. The van der Waals surface area contributed by atoms with Crippen molar-refractivity contribution in [3.63, 3.8) is 0 Å². The number of hydrogen-bond donors (Lipinski definition) is 1. The van der Waals surface area contributed by atoms with Gasteiger partial charge < -0.3 is 9.47 Å². The Bertz CT molecular complexity index is 1530. The molecule has 1 fully saturated rings. The molecule has 1 saturated heterocycles. The smallest absolute Gasteiger partial charge is 0.416 e. The minimum Gasteiger partial charge on any atom is -0.490 e. The van der Waals surface area contributed by atoms with Crippen LogP contribution in [0.4, 0.5) is 23.7 Å². The number of barbiturate groups is 1. The van der Waals surface area contributed by atoms with E-state index in [9.17, 15) is 27.6 Å². The number of nitrogens with one attached hydrogen (secondary N) is 1. The van der Waals surface area contributed by atoms with Crippen LogP contribution in [0.3, 0.4) is 0 Å². The van der Waals surface area contributed by atoms with E-state index in [-0.39, 0.29) is 18.2 Å². The van der Waals surface area contributed by atoms with E-state index in [1.54, 1.807) is 25.1 Å². The molecule has 0 bridgehead atoms. The number of nitrogens with zero attached hydrogens (tertiary/aromatic N) is 1. The van der Waals surface area contributed by atoms with Crippen LogP contribution in [0.5, 0.6) is 11.5 Å². The largest absolute Gasteiger partial charge is 0.490 e. The number of imide groups is 2. The first-order chi connectivity index (χ1) is 18.9. The van der Waals surface area contributed by atoms with Crippen LogP contribution >= 0.6 is 45.8 Å². The molecule has 7 nitrogen and oxygen atoms in total. The number of carbonyl (C=O) groups excluding carboxylic acids is 3. The summed E-state index contributed by atoms with van der Waals surface area (Å²) in [4.78, 5) is 38.8. The van der Waals surface area contributed by atoms with E-state index >= 15 is 0 Å². The van der Waals surface area contributed by atoms with E-state index in [0.717, 1.165) is 11.6 Å². The molecule has 1 aliphatic rings. The molecular formula is C27H18Cl2F3IN2O5. The van der Waals surface area contributed by atoms with Crippen molar-refractivity contribution < 1.29 is 37.0 Å². The number of benzene rings is 3. The first-order valence-electron chi connectivity index (χ1n) is 11.5. The molecule has 4 rings (SSSR count). The average molecular weight is 705 g/mol. The summed E-state index contributed by atoms with van der Waals surface area (Å²) in [5.41, 5.74) is -0.944. The van der Waals surface area contributed by atoms with Crippen molar-refractivity contribution in [3.8, 4) is 11.5 Å². The summed E-state index contributed by atoms with van der Waals surface area (Å²) < 4.78 is 52.1. The molecule has 1 heterocycles. The van der Waals surface area contributed by atoms with Crippen LogP contribution in [0.25, 0.3) is 6.08 Å². The quantitative estimate of drug-likeness (QED) is 0.159. The fourth-order valence-electron chi connectivity index (χ4n) is 3.71. The van der Waals surface area contributed by atoms with Gasteiger partial charge in [0.15, 0.2) is 11.5 Å². The van der Waals surface area contributed by atoms with Crippen LogP contribution in [0, 0.1) is 3.57 Å².